The third kappa shape index (κ3) is 3.67. The Morgan fingerprint density at radius 2 is 1.81 bits per heavy atom. The summed E-state index contributed by atoms with van der Waals surface area (Å²) in [6, 6.07) is 7.94. The highest BCUT2D eigenvalue weighted by molar-refractivity contribution is 5.69. The number of ether oxygens (including phenoxy) is 1. The molecule has 2 aliphatic heterocycles. The number of piperidine rings is 1. The van der Waals surface area contributed by atoms with Crippen LogP contribution in [0.25, 0.3) is 0 Å². The number of benzene rings is 1. The molecule has 0 aliphatic carbocycles. The molecule has 5 nitrogen and oxygen atoms in total. The largest absolute Gasteiger partial charge is 0.379 e. The number of para-hydroxylation sites is 2. The lowest BCUT2D eigenvalue weighted by molar-refractivity contribution is 0.0289. The van der Waals surface area contributed by atoms with Gasteiger partial charge in [-0.05, 0) is 30.9 Å². The molecule has 1 aromatic carbocycles. The van der Waals surface area contributed by atoms with E-state index in [-0.39, 0.29) is 0 Å². The van der Waals surface area contributed by atoms with Crippen molar-refractivity contribution in [2.75, 3.05) is 56.3 Å². The van der Waals surface area contributed by atoms with Crippen LogP contribution in [-0.4, -0.2) is 56.0 Å². The van der Waals surface area contributed by atoms with Crippen molar-refractivity contribution in [2.45, 2.75) is 12.8 Å². The van der Waals surface area contributed by atoms with Gasteiger partial charge in [0, 0.05) is 32.7 Å². The van der Waals surface area contributed by atoms with Crippen LogP contribution in [0.15, 0.2) is 24.3 Å². The first-order valence-corrected chi connectivity index (χ1v) is 7.91. The summed E-state index contributed by atoms with van der Waals surface area (Å²) in [5.41, 5.74) is 4.20. The maximum absolute atomic E-state index is 9.22. The number of nitrogens with zero attached hydrogens (tertiary/aromatic N) is 2. The van der Waals surface area contributed by atoms with Crippen LogP contribution < -0.4 is 10.4 Å². The lowest BCUT2D eigenvalue weighted by Crippen LogP contribution is -2.43. The molecule has 0 unspecified atom stereocenters. The lowest BCUT2D eigenvalue weighted by Gasteiger charge is -2.37. The van der Waals surface area contributed by atoms with Crippen LogP contribution >= 0.6 is 0 Å². The van der Waals surface area contributed by atoms with Crippen LogP contribution in [0, 0.1) is 5.92 Å². The van der Waals surface area contributed by atoms with Gasteiger partial charge in [0.2, 0.25) is 0 Å². The molecule has 0 atom stereocenters. The van der Waals surface area contributed by atoms with Gasteiger partial charge in [0.1, 0.15) is 0 Å². The van der Waals surface area contributed by atoms with E-state index in [4.69, 9.17) is 4.74 Å². The summed E-state index contributed by atoms with van der Waals surface area (Å²) in [6.07, 6.45) is 2.44. The standard InChI is InChI=1S/C16H25N3O2/c20-17-15-3-1-2-4-16(15)19-7-5-14(6-8-19)13-18-9-11-21-12-10-18/h1-4,14,17,20H,5-13H2. The van der Waals surface area contributed by atoms with Crippen LogP contribution in [0.1, 0.15) is 12.8 Å². The molecule has 116 valence electrons. The number of rotatable bonds is 4. The van der Waals surface area contributed by atoms with E-state index in [2.05, 4.69) is 21.3 Å². The Balaban J connectivity index is 1.52. The Kier molecular flexibility index (Phi) is 4.95. The van der Waals surface area contributed by atoms with Gasteiger partial charge in [-0.3, -0.25) is 15.6 Å². The Morgan fingerprint density at radius 3 is 2.52 bits per heavy atom. The zero-order chi connectivity index (χ0) is 14.5. The van der Waals surface area contributed by atoms with Gasteiger partial charge in [-0.2, -0.15) is 0 Å². The van der Waals surface area contributed by atoms with E-state index in [0.29, 0.717) is 0 Å². The molecule has 0 saturated carbocycles. The average molecular weight is 291 g/mol. The van der Waals surface area contributed by atoms with Gasteiger partial charge in [0.25, 0.3) is 0 Å². The second-order valence-electron chi connectivity index (χ2n) is 5.97. The molecule has 5 heteroatoms. The monoisotopic (exact) mass is 291 g/mol. The molecule has 0 bridgehead atoms. The summed E-state index contributed by atoms with van der Waals surface area (Å²) >= 11 is 0. The summed E-state index contributed by atoms with van der Waals surface area (Å²) < 4.78 is 5.41. The highest BCUT2D eigenvalue weighted by Crippen LogP contribution is 2.29. The van der Waals surface area contributed by atoms with Crippen molar-refractivity contribution in [3.63, 3.8) is 0 Å². The predicted molar refractivity (Wildman–Crippen MR) is 84.0 cm³/mol. The summed E-state index contributed by atoms with van der Waals surface area (Å²) in [4.78, 5) is 4.90. The third-order valence-corrected chi connectivity index (χ3v) is 4.60. The predicted octanol–water partition coefficient (Wildman–Crippen LogP) is 2.04. The molecule has 21 heavy (non-hydrogen) atoms. The van der Waals surface area contributed by atoms with E-state index in [1.54, 1.807) is 0 Å². The Bertz CT molecular complexity index is 441. The van der Waals surface area contributed by atoms with E-state index in [9.17, 15) is 5.21 Å². The second-order valence-corrected chi connectivity index (χ2v) is 5.97. The topological polar surface area (TPSA) is 48.0 Å². The maximum Gasteiger partial charge on any atom is 0.0835 e. The zero-order valence-electron chi connectivity index (χ0n) is 12.5. The van der Waals surface area contributed by atoms with Crippen molar-refractivity contribution in [3.8, 4) is 0 Å². The van der Waals surface area contributed by atoms with E-state index < -0.39 is 0 Å². The van der Waals surface area contributed by atoms with Crippen LogP contribution in [0.2, 0.25) is 0 Å². The SMILES string of the molecule is ONc1ccccc1N1CCC(CN2CCOCC2)CC1. The molecule has 1 aromatic rings. The van der Waals surface area contributed by atoms with Gasteiger partial charge < -0.3 is 9.64 Å². The van der Waals surface area contributed by atoms with Crippen molar-refractivity contribution in [2.24, 2.45) is 5.92 Å². The maximum atomic E-state index is 9.22. The minimum Gasteiger partial charge on any atom is -0.379 e. The van der Waals surface area contributed by atoms with Crippen molar-refractivity contribution in [3.05, 3.63) is 24.3 Å². The van der Waals surface area contributed by atoms with Crippen molar-refractivity contribution in [1.29, 1.82) is 0 Å². The van der Waals surface area contributed by atoms with E-state index in [1.807, 2.05) is 18.2 Å². The minimum atomic E-state index is 0.786. The molecule has 2 aliphatic rings. The Morgan fingerprint density at radius 1 is 1.10 bits per heavy atom. The van der Waals surface area contributed by atoms with Gasteiger partial charge in [0.15, 0.2) is 0 Å². The molecule has 0 aromatic heterocycles. The van der Waals surface area contributed by atoms with Gasteiger partial charge in [-0.25, -0.2) is 0 Å². The fourth-order valence-corrected chi connectivity index (χ4v) is 3.35. The summed E-state index contributed by atoms with van der Waals surface area (Å²) in [5.74, 6) is 0.786. The molecule has 0 spiro atoms. The molecule has 0 amide bonds. The van der Waals surface area contributed by atoms with Gasteiger partial charge in [-0.15, -0.1) is 0 Å². The Labute approximate surface area is 126 Å². The summed E-state index contributed by atoms with van der Waals surface area (Å²) in [6.45, 7) is 7.26. The minimum absolute atomic E-state index is 0.786. The number of nitrogens with one attached hydrogen (secondary N) is 1. The molecular weight excluding hydrogens is 266 g/mol. The fourth-order valence-electron chi connectivity index (χ4n) is 3.35. The average Bonchev–Trinajstić information content (AvgIpc) is 2.56. The van der Waals surface area contributed by atoms with E-state index in [1.165, 1.54) is 19.4 Å². The highest BCUT2D eigenvalue weighted by atomic mass is 16.5. The first-order chi connectivity index (χ1) is 10.4. The lowest BCUT2D eigenvalue weighted by atomic mass is 9.95. The summed E-state index contributed by atoms with van der Waals surface area (Å²) in [5, 5.41) is 9.22. The van der Waals surface area contributed by atoms with Crippen LogP contribution in [-0.2, 0) is 4.74 Å². The number of hydrogen-bond acceptors (Lipinski definition) is 5. The first-order valence-electron chi connectivity index (χ1n) is 7.91. The zero-order valence-corrected chi connectivity index (χ0v) is 12.5. The van der Waals surface area contributed by atoms with Crippen LogP contribution in [0.5, 0.6) is 0 Å². The first kappa shape index (κ1) is 14.6. The van der Waals surface area contributed by atoms with Crippen molar-refractivity contribution < 1.29 is 9.94 Å². The molecule has 2 saturated heterocycles. The van der Waals surface area contributed by atoms with Gasteiger partial charge in [-0.1, -0.05) is 12.1 Å². The fraction of sp³-hybridized carbons (Fsp3) is 0.625. The molecular formula is C16H25N3O2. The molecule has 2 fully saturated rings. The molecule has 3 rings (SSSR count). The van der Waals surface area contributed by atoms with Crippen LogP contribution in [0.4, 0.5) is 11.4 Å². The second kappa shape index (κ2) is 7.11. The van der Waals surface area contributed by atoms with Gasteiger partial charge in [0.05, 0.1) is 24.6 Å². The molecule has 2 heterocycles. The molecule has 2 N–H and O–H groups in total. The van der Waals surface area contributed by atoms with E-state index >= 15 is 0 Å². The highest BCUT2D eigenvalue weighted by Gasteiger charge is 2.23. The number of hydrogen-bond donors (Lipinski definition) is 2. The number of morpholine rings is 1. The Hall–Kier alpha value is -1.30. The van der Waals surface area contributed by atoms with E-state index in [0.717, 1.165) is 56.7 Å². The van der Waals surface area contributed by atoms with Crippen molar-refractivity contribution in [1.82, 2.24) is 4.90 Å². The van der Waals surface area contributed by atoms with Crippen LogP contribution in [0.3, 0.4) is 0 Å². The normalized spacial score (nSPS) is 21.5. The third-order valence-electron chi connectivity index (χ3n) is 4.60. The van der Waals surface area contributed by atoms with Crippen molar-refractivity contribution >= 4 is 11.4 Å². The smallest absolute Gasteiger partial charge is 0.0835 e. The molecule has 0 radical (unpaired) electrons. The number of anilines is 2. The quantitative estimate of drug-likeness (QED) is 0.831. The summed E-state index contributed by atoms with van der Waals surface area (Å²) in [7, 11) is 0. The van der Waals surface area contributed by atoms with Gasteiger partial charge >= 0.3 is 0 Å².